The molecule has 0 unspecified atom stereocenters. The maximum absolute atomic E-state index is 10.0. The Kier molecular flexibility index (Phi) is 6.85. The maximum atomic E-state index is 10.0. The second-order valence-electron chi connectivity index (χ2n) is 6.82. The van der Waals surface area contributed by atoms with Crippen molar-refractivity contribution in [3.8, 4) is 11.7 Å². The van der Waals surface area contributed by atoms with Crippen LogP contribution < -0.4 is 4.90 Å². The highest BCUT2D eigenvalue weighted by Crippen LogP contribution is 2.27. The zero-order valence-corrected chi connectivity index (χ0v) is 17.2. The van der Waals surface area contributed by atoms with Gasteiger partial charge in [-0.2, -0.15) is 5.10 Å². The number of anilines is 1. The first-order chi connectivity index (χ1) is 13.7. The maximum Gasteiger partial charge on any atom is 0.250 e. The Hall–Kier alpha value is -2.90. The number of para-hydroxylation sites is 2. The molecule has 1 fully saturated rings. The average Bonchev–Trinajstić information content (AvgIpc) is 3.10. The van der Waals surface area contributed by atoms with E-state index < -0.39 is 0 Å². The molecule has 8 heteroatoms. The monoisotopic (exact) mass is 412 g/mol. The van der Waals surface area contributed by atoms with Crippen LogP contribution in [0.5, 0.6) is 5.75 Å². The second-order valence-corrected chi connectivity index (χ2v) is 6.82. The zero-order chi connectivity index (χ0) is 19.3. The Morgan fingerprint density at radius 1 is 1.03 bits per heavy atom. The van der Waals surface area contributed by atoms with E-state index in [9.17, 15) is 5.11 Å². The van der Waals surface area contributed by atoms with Gasteiger partial charge in [-0.05, 0) is 25.1 Å². The topological polar surface area (TPSA) is 70.3 Å². The highest BCUT2D eigenvalue weighted by atomic mass is 35.5. The van der Waals surface area contributed by atoms with Crippen LogP contribution in [-0.4, -0.2) is 62.5 Å². The minimum atomic E-state index is 0. The predicted molar refractivity (Wildman–Crippen MR) is 117 cm³/mol. The largest absolute Gasteiger partial charge is 0.506 e. The molecule has 0 bridgehead atoms. The summed E-state index contributed by atoms with van der Waals surface area (Å²) in [6.07, 6.45) is 9.56. The van der Waals surface area contributed by atoms with E-state index in [0.29, 0.717) is 11.7 Å². The third-order valence-electron chi connectivity index (χ3n) is 5.05. The van der Waals surface area contributed by atoms with E-state index >= 15 is 0 Å². The first kappa shape index (κ1) is 20.8. The molecule has 1 saturated heterocycles. The van der Waals surface area contributed by atoms with Crippen molar-refractivity contribution < 1.29 is 5.11 Å². The summed E-state index contributed by atoms with van der Waals surface area (Å²) in [5.74, 6) is 0.936. The average molecular weight is 413 g/mol. The molecule has 152 valence electrons. The smallest absolute Gasteiger partial charge is 0.250 e. The van der Waals surface area contributed by atoms with Crippen molar-refractivity contribution in [3.05, 3.63) is 66.3 Å². The SMILES string of the molecule is Cc1c(C=CCN2CCN(c3ccccc3O)CC2)cnn1-c1ncccn1.Cl. The predicted octanol–water partition coefficient (Wildman–Crippen LogP) is 2.93. The lowest BCUT2D eigenvalue weighted by Crippen LogP contribution is -2.46. The van der Waals surface area contributed by atoms with Crippen LogP contribution >= 0.6 is 12.4 Å². The molecule has 3 aromatic rings. The molecule has 3 heterocycles. The molecule has 1 N–H and O–H groups in total. The molecule has 1 aromatic carbocycles. The number of phenols is 1. The summed E-state index contributed by atoms with van der Waals surface area (Å²) in [6, 6.07) is 9.33. The standard InChI is InChI=1S/C21H24N6O.ClH/c1-17-18(16-24-27(17)21-22-9-5-10-23-21)6-4-11-25-12-14-26(15-13-25)19-7-2-3-8-20(19)28;/h2-10,16,28H,11-15H2,1H3;1H. The molecule has 0 radical (unpaired) electrons. The van der Waals surface area contributed by atoms with Gasteiger partial charge in [0.05, 0.1) is 17.6 Å². The zero-order valence-electron chi connectivity index (χ0n) is 16.3. The first-order valence-corrected chi connectivity index (χ1v) is 9.46. The Labute approximate surface area is 176 Å². The van der Waals surface area contributed by atoms with Gasteiger partial charge in [-0.15, -0.1) is 12.4 Å². The van der Waals surface area contributed by atoms with E-state index in [2.05, 4.69) is 37.0 Å². The van der Waals surface area contributed by atoms with Crippen LogP contribution in [0.4, 0.5) is 5.69 Å². The Bertz CT molecular complexity index is 951. The van der Waals surface area contributed by atoms with Gasteiger partial charge in [0.2, 0.25) is 0 Å². The van der Waals surface area contributed by atoms with Crippen LogP contribution in [0.25, 0.3) is 12.0 Å². The van der Waals surface area contributed by atoms with Crippen molar-refractivity contribution in [2.24, 2.45) is 0 Å². The van der Waals surface area contributed by atoms with Crippen LogP contribution in [0.2, 0.25) is 0 Å². The van der Waals surface area contributed by atoms with E-state index in [1.54, 1.807) is 29.2 Å². The molecule has 0 amide bonds. The van der Waals surface area contributed by atoms with Gasteiger partial charge in [0, 0.05) is 50.7 Å². The summed E-state index contributed by atoms with van der Waals surface area (Å²) in [7, 11) is 0. The highest BCUT2D eigenvalue weighted by Gasteiger charge is 2.18. The van der Waals surface area contributed by atoms with Crippen LogP contribution in [-0.2, 0) is 0 Å². The van der Waals surface area contributed by atoms with Gasteiger partial charge in [-0.3, -0.25) is 4.90 Å². The number of nitrogens with zero attached hydrogens (tertiary/aromatic N) is 6. The lowest BCUT2D eigenvalue weighted by atomic mass is 10.2. The third kappa shape index (κ3) is 4.75. The lowest BCUT2D eigenvalue weighted by molar-refractivity contribution is 0.283. The summed E-state index contributed by atoms with van der Waals surface area (Å²) in [4.78, 5) is 13.1. The van der Waals surface area contributed by atoms with Gasteiger partial charge in [-0.25, -0.2) is 14.6 Å². The Morgan fingerprint density at radius 3 is 2.48 bits per heavy atom. The quantitative estimate of drug-likeness (QED) is 0.694. The summed E-state index contributed by atoms with van der Waals surface area (Å²) < 4.78 is 1.75. The van der Waals surface area contributed by atoms with E-state index in [1.165, 1.54) is 0 Å². The normalized spacial score (nSPS) is 14.9. The molecule has 0 saturated carbocycles. The number of rotatable bonds is 5. The Balaban J connectivity index is 0.00000240. The summed E-state index contributed by atoms with van der Waals surface area (Å²) in [6.45, 7) is 6.67. The second kappa shape index (κ2) is 9.54. The fraction of sp³-hybridized carbons (Fsp3) is 0.286. The number of aromatic nitrogens is 4. The number of piperazine rings is 1. The van der Waals surface area contributed by atoms with Crippen molar-refractivity contribution in [1.29, 1.82) is 0 Å². The van der Waals surface area contributed by atoms with Crippen molar-refractivity contribution in [3.63, 3.8) is 0 Å². The molecule has 0 atom stereocenters. The highest BCUT2D eigenvalue weighted by molar-refractivity contribution is 5.85. The third-order valence-corrected chi connectivity index (χ3v) is 5.05. The van der Waals surface area contributed by atoms with E-state index in [0.717, 1.165) is 49.7 Å². The molecule has 4 rings (SSSR count). The van der Waals surface area contributed by atoms with Crippen LogP contribution in [0.3, 0.4) is 0 Å². The molecule has 0 aliphatic carbocycles. The molecular formula is C21H25ClN6O. The summed E-state index contributed by atoms with van der Waals surface area (Å²) >= 11 is 0. The van der Waals surface area contributed by atoms with Crippen molar-refractivity contribution in [2.45, 2.75) is 6.92 Å². The van der Waals surface area contributed by atoms with E-state index in [4.69, 9.17) is 0 Å². The van der Waals surface area contributed by atoms with Crippen LogP contribution in [0.1, 0.15) is 11.3 Å². The van der Waals surface area contributed by atoms with Crippen molar-refractivity contribution in [1.82, 2.24) is 24.6 Å². The fourth-order valence-electron chi connectivity index (χ4n) is 3.42. The molecule has 29 heavy (non-hydrogen) atoms. The number of phenolic OH excluding ortho intramolecular Hbond substituents is 1. The minimum absolute atomic E-state index is 0. The molecule has 7 nitrogen and oxygen atoms in total. The van der Waals surface area contributed by atoms with E-state index in [-0.39, 0.29) is 12.4 Å². The molecule has 0 spiro atoms. The van der Waals surface area contributed by atoms with Crippen LogP contribution in [0, 0.1) is 6.92 Å². The number of hydrogen-bond donors (Lipinski definition) is 1. The van der Waals surface area contributed by atoms with Crippen molar-refractivity contribution in [2.75, 3.05) is 37.6 Å². The molecular weight excluding hydrogens is 388 g/mol. The van der Waals surface area contributed by atoms with Gasteiger partial charge >= 0.3 is 0 Å². The fourth-order valence-corrected chi connectivity index (χ4v) is 3.42. The molecule has 2 aromatic heterocycles. The van der Waals surface area contributed by atoms with Gasteiger partial charge in [0.1, 0.15) is 5.75 Å². The number of halogens is 1. The van der Waals surface area contributed by atoms with Crippen LogP contribution in [0.15, 0.2) is 55.0 Å². The number of hydrogen-bond acceptors (Lipinski definition) is 6. The van der Waals surface area contributed by atoms with Gasteiger partial charge < -0.3 is 10.0 Å². The summed E-state index contributed by atoms with van der Waals surface area (Å²) in [5, 5.41) is 14.4. The molecule has 1 aliphatic rings. The lowest BCUT2D eigenvalue weighted by Gasteiger charge is -2.35. The van der Waals surface area contributed by atoms with Gasteiger partial charge in [-0.1, -0.05) is 24.3 Å². The summed E-state index contributed by atoms with van der Waals surface area (Å²) in [5.41, 5.74) is 3.01. The van der Waals surface area contributed by atoms with E-state index in [1.807, 2.05) is 31.3 Å². The van der Waals surface area contributed by atoms with Gasteiger partial charge in [0.15, 0.2) is 0 Å². The first-order valence-electron chi connectivity index (χ1n) is 9.46. The number of aromatic hydroxyl groups is 1. The molecule has 1 aliphatic heterocycles. The van der Waals surface area contributed by atoms with Crippen molar-refractivity contribution >= 4 is 24.2 Å². The number of benzene rings is 1. The van der Waals surface area contributed by atoms with Gasteiger partial charge in [0.25, 0.3) is 5.95 Å². The minimum Gasteiger partial charge on any atom is -0.506 e. The Morgan fingerprint density at radius 2 is 1.76 bits per heavy atom.